The molecule has 0 aliphatic heterocycles. The molecule has 0 radical (unpaired) electrons. The van der Waals surface area contributed by atoms with Gasteiger partial charge in [0.25, 0.3) is 0 Å². The molecule has 0 saturated carbocycles. The van der Waals surface area contributed by atoms with Crippen LogP contribution in [-0.2, 0) is 0 Å². The van der Waals surface area contributed by atoms with Crippen molar-refractivity contribution in [2.24, 2.45) is 0 Å². The Morgan fingerprint density at radius 2 is 1.69 bits per heavy atom. The van der Waals surface area contributed by atoms with Crippen LogP contribution in [0.25, 0.3) is 0 Å². The Balaban J connectivity index is 3.09. The Bertz CT molecular complexity index is 380. The molecule has 0 aromatic heterocycles. The maximum absolute atomic E-state index is 11.0. The molecule has 1 rings (SSSR count). The van der Waals surface area contributed by atoms with Crippen LogP contribution in [0.3, 0.4) is 0 Å². The van der Waals surface area contributed by atoms with Crippen LogP contribution in [0.5, 0.6) is 0 Å². The summed E-state index contributed by atoms with van der Waals surface area (Å²) >= 11 is 0. The van der Waals surface area contributed by atoms with Crippen molar-refractivity contribution in [2.45, 2.75) is 6.92 Å². The minimum atomic E-state index is -1.34. The van der Waals surface area contributed by atoms with Gasteiger partial charge in [-0.05, 0) is 19.1 Å². The highest BCUT2D eigenvalue weighted by Crippen LogP contribution is 2.16. The highest BCUT2D eigenvalue weighted by atomic mass is 16.4. The Kier molecular flexibility index (Phi) is 3.71. The molecule has 1 aromatic rings. The lowest BCUT2D eigenvalue weighted by atomic mass is 10.3. The first-order valence-corrected chi connectivity index (χ1v) is 4.66. The highest BCUT2D eigenvalue weighted by Gasteiger charge is 2.25. The zero-order valence-corrected chi connectivity index (χ0v) is 8.70. The van der Waals surface area contributed by atoms with Gasteiger partial charge in [-0.2, -0.15) is 5.01 Å². The third-order valence-electron chi connectivity index (χ3n) is 1.94. The number of amides is 2. The summed E-state index contributed by atoms with van der Waals surface area (Å²) < 4.78 is 0. The van der Waals surface area contributed by atoms with Gasteiger partial charge in [-0.25, -0.2) is 14.6 Å². The van der Waals surface area contributed by atoms with E-state index < -0.39 is 12.2 Å². The molecule has 0 atom stereocenters. The topological polar surface area (TPSA) is 81.1 Å². The predicted octanol–water partition coefficient (Wildman–Crippen LogP) is 2.09. The lowest BCUT2D eigenvalue weighted by molar-refractivity contribution is 0.132. The number of hydrazine groups is 1. The fraction of sp³-hybridized carbons (Fsp3) is 0.200. The van der Waals surface area contributed by atoms with Gasteiger partial charge >= 0.3 is 12.2 Å². The standard InChI is InChI=1S/C10H12N2O4/c1-2-11(9(13)14)12(10(15)16)8-6-4-3-5-7-8/h3-7H,2H2,1H3,(H,13,14)(H,15,16). The molecule has 6 nitrogen and oxygen atoms in total. The molecule has 0 aliphatic carbocycles. The van der Waals surface area contributed by atoms with E-state index >= 15 is 0 Å². The molecule has 16 heavy (non-hydrogen) atoms. The van der Waals surface area contributed by atoms with E-state index in [2.05, 4.69) is 0 Å². The van der Waals surface area contributed by atoms with Crippen molar-refractivity contribution < 1.29 is 19.8 Å². The second kappa shape index (κ2) is 5.01. The summed E-state index contributed by atoms with van der Waals surface area (Å²) in [6.07, 6.45) is -2.65. The first-order chi connectivity index (χ1) is 7.57. The number of anilines is 1. The van der Waals surface area contributed by atoms with Gasteiger partial charge in [0.05, 0.1) is 5.69 Å². The smallest absolute Gasteiger partial charge is 0.431 e. The van der Waals surface area contributed by atoms with Gasteiger partial charge in [0.1, 0.15) is 0 Å². The van der Waals surface area contributed by atoms with Crippen molar-refractivity contribution >= 4 is 17.9 Å². The first kappa shape index (κ1) is 11.8. The zero-order chi connectivity index (χ0) is 12.1. The summed E-state index contributed by atoms with van der Waals surface area (Å²) in [5, 5.41) is 19.3. The second-order valence-electron chi connectivity index (χ2n) is 2.93. The van der Waals surface area contributed by atoms with Gasteiger partial charge in [-0.3, -0.25) is 0 Å². The largest absolute Gasteiger partial charge is 0.464 e. The third-order valence-corrected chi connectivity index (χ3v) is 1.94. The Morgan fingerprint density at radius 1 is 1.12 bits per heavy atom. The number of hydrogen-bond donors (Lipinski definition) is 2. The van der Waals surface area contributed by atoms with E-state index in [0.717, 1.165) is 5.01 Å². The SMILES string of the molecule is CCN(C(=O)O)N(C(=O)O)c1ccccc1. The van der Waals surface area contributed by atoms with Gasteiger partial charge in [0.2, 0.25) is 0 Å². The predicted molar refractivity (Wildman–Crippen MR) is 57.4 cm³/mol. The summed E-state index contributed by atoms with van der Waals surface area (Å²) in [6.45, 7) is 1.61. The molecule has 0 fully saturated rings. The van der Waals surface area contributed by atoms with Gasteiger partial charge in [0, 0.05) is 6.54 Å². The number of para-hydroxylation sites is 1. The summed E-state index contributed by atoms with van der Waals surface area (Å²) in [7, 11) is 0. The van der Waals surface area contributed by atoms with E-state index in [-0.39, 0.29) is 6.54 Å². The van der Waals surface area contributed by atoms with Crippen LogP contribution in [0.15, 0.2) is 30.3 Å². The third kappa shape index (κ3) is 2.41. The molecule has 2 N–H and O–H groups in total. The highest BCUT2D eigenvalue weighted by molar-refractivity contribution is 5.88. The summed E-state index contributed by atoms with van der Waals surface area (Å²) in [5.74, 6) is 0. The van der Waals surface area contributed by atoms with Crippen LogP contribution in [0.4, 0.5) is 15.3 Å². The van der Waals surface area contributed by atoms with Crippen molar-refractivity contribution in [3.05, 3.63) is 30.3 Å². The van der Waals surface area contributed by atoms with Crippen LogP contribution >= 0.6 is 0 Å². The van der Waals surface area contributed by atoms with E-state index in [9.17, 15) is 9.59 Å². The normalized spacial score (nSPS) is 9.56. The van der Waals surface area contributed by atoms with Crippen molar-refractivity contribution in [1.82, 2.24) is 5.01 Å². The molecule has 0 aliphatic rings. The van der Waals surface area contributed by atoms with Crippen LogP contribution in [0, 0.1) is 0 Å². The Morgan fingerprint density at radius 3 is 2.06 bits per heavy atom. The monoisotopic (exact) mass is 224 g/mol. The van der Waals surface area contributed by atoms with E-state index in [1.165, 1.54) is 12.1 Å². The minimum absolute atomic E-state index is 0.0521. The maximum atomic E-state index is 11.0. The Labute approximate surface area is 92.3 Å². The lowest BCUT2D eigenvalue weighted by Gasteiger charge is -2.29. The average Bonchev–Trinajstić information content (AvgIpc) is 2.25. The molecular weight excluding hydrogens is 212 g/mol. The molecule has 6 heteroatoms. The van der Waals surface area contributed by atoms with Gasteiger partial charge < -0.3 is 10.2 Å². The molecular formula is C10H12N2O4. The van der Waals surface area contributed by atoms with E-state index in [1.807, 2.05) is 0 Å². The molecule has 1 aromatic carbocycles. The molecule has 0 unspecified atom stereocenters. The fourth-order valence-electron chi connectivity index (χ4n) is 1.28. The second-order valence-corrected chi connectivity index (χ2v) is 2.93. The van der Waals surface area contributed by atoms with Crippen LogP contribution in [0.2, 0.25) is 0 Å². The van der Waals surface area contributed by atoms with Crippen LogP contribution in [-0.4, -0.2) is 34.0 Å². The van der Waals surface area contributed by atoms with Crippen molar-refractivity contribution in [1.29, 1.82) is 0 Å². The van der Waals surface area contributed by atoms with Crippen LogP contribution in [0.1, 0.15) is 6.92 Å². The number of benzene rings is 1. The van der Waals surface area contributed by atoms with Crippen LogP contribution < -0.4 is 5.01 Å². The summed E-state index contributed by atoms with van der Waals surface area (Å²) in [5.41, 5.74) is 0.291. The number of nitrogens with zero attached hydrogens (tertiary/aromatic N) is 2. The van der Waals surface area contributed by atoms with Crippen molar-refractivity contribution in [3.8, 4) is 0 Å². The molecule has 86 valence electrons. The Hall–Kier alpha value is -2.24. The molecule has 0 bridgehead atoms. The first-order valence-electron chi connectivity index (χ1n) is 4.66. The van der Waals surface area contributed by atoms with E-state index in [0.29, 0.717) is 10.7 Å². The maximum Gasteiger partial charge on any atom is 0.431 e. The van der Waals surface area contributed by atoms with Gasteiger partial charge in [-0.1, -0.05) is 18.2 Å². The molecule has 2 amide bonds. The number of hydrogen-bond acceptors (Lipinski definition) is 2. The number of carbonyl (C=O) groups is 2. The zero-order valence-electron chi connectivity index (χ0n) is 8.70. The average molecular weight is 224 g/mol. The minimum Gasteiger partial charge on any atom is -0.464 e. The van der Waals surface area contributed by atoms with E-state index in [4.69, 9.17) is 10.2 Å². The summed E-state index contributed by atoms with van der Waals surface area (Å²) in [4.78, 5) is 21.9. The molecule has 0 spiro atoms. The quantitative estimate of drug-likeness (QED) is 0.753. The molecule has 0 saturated heterocycles. The fourth-order valence-corrected chi connectivity index (χ4v) is 1.28. The van der Waals surface area contributed by atoms with Crippen molar-refractivity contribution in [3.63, 3.8) is 0 Å². The summed E-state index contributed by atoms with van der Waals surface area (Å²) in [6, 6.07) is 8.06. The lowest BCUT2D eigenvalue weighted by Crippen LogP contribution is -2.49. The van der Waals surface area contributed by atoms with Gasteiger partial charge in [0.15, 0.2) is 0 Å². The van der Waals surface area contributed by atoms with Gasteiger partial charge in [-0.15, -0.1) is 0 Å². The number of rotatable bonds is 2. The number of carboxylic acid groups (broad SMARTS) is 2. The van der Waals surface area contributed by atoms with Crippen molar-refractivity contribution in [2.75, 3.05) is 11.6 Å². The molecule has 0 heterocycles. The van der Waals surface area contributed by atoms with E-state index in [1.54, 1.807) is 25.1 Å².